The third-order valence-electron chi connectivity index (χ3n) is 4.13. The van der Waals surface area contributed by atoms with Crippen LogP contribution in [0.4, 0.5) is 0 Å². The smallest absolute Gasteiger partial charge is 0.252 e. The van der Waals surface area contributed by atoms with Gasteiger partial charge in [-0.15, -0.1) is 0 Å². The van der Waals surface area contributed by atoms with Crippen molar-refractivity contribution in [3.8, 4) is 0 Å². The Morgan fingerprint density at radius 1 is 1.27 bits per heavy atom. The summed E-state index contributed by atoms with van der Waals surface area (Å²) in [6, 6.07) is 4.81. The summed E-state index contributed by atoms with van der Waals surface area (Å²) in [7, 11) is 0. The first-order valence-electron chi connectivity index (χ1n) is 7.62. The summed E-state index contributed by atoms with van der Waals surface area (Å²) in [6.45, 7) is 0.222. The maximum Gasteiger partial charge on any atom is 0.252 e. The Morgan fingerprint density at radius 2 is 1.95 bits per heavy atom. The van der Waals surface area contributed by atoms with Gasteiger partial charge >= 0.3 is 0 Å². The third kappa shape index (κ3) is 4.52. The molecule has 0 aliphatic heterocycles. The van der Waals surface area contributed by atoms with Gasteiger partial charge in [-0.3, -0.25) is 4.79 Å². The number of aliphatic hydroxyl groups is 1. The minimum Gasteiger partial charge on any atom is -0.388 e. The van der Waals surface area contributed by atoms with Crippen molar-refractivity contribution in [2.24, 2.45) is 5.18 Å². The molecule has 1 aliphatic carbocycles. The first kappa shape index (κ1) is 16.9. The Labute approximate surface area is 135 Å². The first-order valence-corrected chi connectivity index (χ1v) is 8.00. The molecule has 0 atom stereocenters. The quantitative estimate of drug-likeness (QED) is 0.643. The van der Waals surface area contributed by atoms with Gasteiger partial charge < -0.3 is 10.4 Å². The van der Waals surface area contributed by atoms with Gasteiger partial charge in [-0.05, 0) is 30.5 Å². The Kier molecular flexibility index (Phi) is 5.91. The number of nitrogens with zero attached hydrogens (tertiary/aromatic N) is 1. The molecule has 0 aromatic heterocycles. The molecule has 5 nitrogen and oxygen atoms in total. The molecule has 120 valence electrons. The fourth-order valence-corrected chi connectivity index (χ4v) is 3.03. The lowest BCUT2D eigenvalue weighted by molar-refractivity contribution is 0.0246. The van der Waals surface area contributed by atoms with E-state index in [0.717, 1.165) is 25.7 Å². The molecule has 0 radical (unpaired) electrons. The summed E-state index contributed by atoms with van der Waals surface area (Å²) in [4.78, 5) is 22.6. The van der Waals surface area contributed by atoms with Crippen molar-refractivity contribution in [1.29, 1.82) is 0 Å². The summed E-state index contributed by atoms with van der Waals surface area (Å²) in [5.41, 5.74) is 0.110. The Hall–Kier alpha value is -1.46. The van der Waals surface area contributed by atoms with Crippen molar-refractivity contribution in [3.05, 3.63) is 39.3 Å². The van der Waals surface area contributed by atoms with E-state index >= 15 is 0 Å². The van der Waals surface area contributed by atoms with Gasteiger partial charge in [0.25, 0.3) is 5.91 Å². The molecule has 0 unspecified atom stereocenters. The molecule has 1 aromatic rings. The van der Waals surface area contributed by atoms with E-state index in [1.165, 1.54) is 0 Å². The molecular weight excluding hydrogens is 304 g/mol. The molecule has 1 amide bonds. The van der Waals surface area contributed by atoms with Crippen LogP contribution in [0.25, 0.3) is 0 Å². The van der Waals surface area contributed by atoms with Gasteiger partial charge in [-0.2, -0.15) is 4.91 Å². The number of amides is 1. The maximum absolute atomic E-state index is 12.3. The van der Waals surface area contributed by atoms with Crippen LogP contribution < -0.4 is 5.32 Å². The fourth-order valence-electron chi connectivity index (χ4n) is 2.82. The second-order valence-corrected chi connectivity index (χ2v) is 6.33. The van der Waals surface area contributed by atoms with Crippen molar-refractivity contribution in [2.45, 2.75) is 50.7 Å². The summed E-state index contributed by atoms with van der Waals surface area (Å²) in [6.07, 6.45) is 5.62. The van der Waals surface area contributed by atoms with Crippen molar-refractivity contribution >= 4 is 17.5 Å². The van der Waals surface area contributed by atoms with Gasteiger partial charge in [0.05, 0.1) is 16.2 Å². The molecule has 6 heteroatoms. The van der Waals surface area contributed by atoms with Crippen LogP contribution in [0.2, 0.25) is 5.02 Å². The Balaban J connectivity index is 2.02. The largest absolute Gasteiger partial charge is 0.388 e. The molecule has 1 aliphatic rings. The summed E-state index contributed by atoms with van der Waals surface area (Å²) >= 11 is 6.04. The monoisotopic (exact) mass is 324 g/mol. The SMILES string of the molecule is O=NCc1ccc(Cl)c(C(=O)NCC2(O)CCCCCC2)c1. The molecule has 2 N–H and O–H groups in total. The summed E-state index contributed by atoms with van der Waals surface area (Å²) in [5.74, 6) is -0.338. The van der Waals surface area contributed by atoms with Crippen LogP contribution in [-0.4, -0.2) is 23.2 Å². The second kappa shape index (κ2) is 7.70. The topological polar surface area (TPSA) is 78.8 Å². The number of carbonyl (C=O) groups excluding carboxylic acids is 1. The lowest BCUT2D eigenvalue weighted by Gasteiger charge is -2.26. The zero-order valence-electron chi connectivity index (χ0n) is 12.5. The van der Waals surface area contributed by atoms with Gasteiger partial charge in [0.1, 0.15) is 6.54 Å². The lowest BCUT2D eigenvalue weighted by Crippen LogP contribution is -2.42. The van der Waals surface area contributed by atoms with Crippen LogP contribution in [0.15, 0.2) is 23.4 Å². The maximum atomic E-state index is 12.3. The molecule has 1 fully saturated rings. The predicted octanol–water partition coefficient (Wildman–Crippen LogP) is 3.42. The predicted molar refractivity (Wildman–Crippen MR) is 85.9 cm³/mol. The van der Waals surface area contributed by atoms with Gasteiger partial charge in [0, 0.05) is 6.54 Å². The van der Waals surface area contributed by atoms with Gasteiger partial charge in [0.15, 0.2) is 0 Å². The number of nitrogens with one attached hydrogen (secondary N) is 1. The van der Waals surface area contributed by atoms with Crippen LogP contribution in [0.5, 0.6) is 0 Å². The lowest BCUT2D eigenvalue weighted by atomic mass is 9.94. The van der Waals surface area contributed by atoms with Crippen LogP contribution in [0.1, 0.15) is 54.4 Å². The van der Waals surface area contributed by atoms with Crippen LogP contribution in [-0.2, 0) is 6.54 Å². The van der Waals surface area contributed by atoms with Crippen molar-refractivity contribution in [1.82, 2.24) is 5.32 Å². The molecular formula is C16H21ClN2O3. The summed E-state index contributed by atoms with van der Waals surface area (Å²) in [5, 5.41) is 16.4. The molecule has 0 heterocycles. The molecule has 0 bridgehead atoms. The number of hydrogen-bond donors (Lipinski definition) is 2. The highest BCUT2D eigenvalue weighted by atomic mass is 35.5. The fraction of sp³-hybridized carbons (Fsp3) is 0.562. The van der Waals surface area contributed by atoms with E-state index in [1.54, 1.807) is 18.2 Å². The standard InChI is InChI=1S/C16H21ClN2O3/c17-14-6-5-12(10-19-22)9-13(14)15(20)18-11-16(21)7-3-1-2-4-8-16/h5-6,9,21H,1-4,7-8,10-11H2,(H,18,20). The zero-order valence-corrected chi connectivity index (χ0v) is 13.2. The van der Waals surface area contributed by atoms with Crippen LogP contribution in [0, 0.1) is 4.91 Å². The number of nitroso groups, excluding NO2 is 1. The van der Waals surface area contributed by atoms with Crippen molar-refractivity contribution < 1.29 is 9.90 Å². The third-order valence-corrected chi connectivity index (χ3v) is 4.46. The van der Waals surface area contributed by atoms with E-state index < -0.39 is 5.60 Å². The van der Waals surface area contributed by atoms with Crippen molar-refractivity contribution in [3.63, 3.8) is 0 Å². The minimum absolute atomic E-state index is 0.00138. The zero-order chi connectivity index (χ0) is 16.0. The van der Waals surface area contributed by atoms with E-state index in [2.05, 4.69) is 10.5 Å². The van der Waals surface area contributed by atoms with Gasteiger partial charge in [0.2, 0.25) is 0 Å². The average molecular weight is 325 g/mol. The van der Waals surface area contributed by atoms with Gasteiger partial charge in [-0.1, -0.05) is 48.5 Å². The Morgan fingerprint density at radius 3 is 2.59 bits per heavy atom. The summed E-state index contributed by atoms with van der Waals surface area (Å²) < 4.78 is 0. The van der Waals surface area contributed by atoms with Gasteiger partial charge in [-0.25, -0.2) is 0 Å². The molecule has 22 heavy (non-hydrogen) atoms. The van der Waals surface area contributed by atoms with E-state index in [-0.39, 0.29) is 19.0 Å². The van der Waals surface area contributed by atoms with Crippen LogP contribution >= 0.6 is 11.6 Å². The van der Waals surface area contributed by atoms with E-state index in [1.807, 2.05) is 0 Å². The van der Waals surface area contributed by atoms with E-state index in [0.29, 0.717) is 29.0 Å². The normalized spacial score (nSPS) is 17.5. The number of benzene rings is 1. The van der Waals surface area contributed by atoms with Crippen LogP contribution in [0.3, 0.4) is 0 Å². The second-order valence-electron chi connectivity index (χ2n) is 5.92. The minimum atomic E-state index is -0.833. The number of rotatable bonds is 5. The average Bonchev–Trinajstić information content (AvgIpc) is 2.72. The molecule has 0 saturated heterocycles. The van der Waals surface area contributed by atoms with E-state index in [9.17, 15) is 14.8 Å². The first-order chi connectivity index (χ1) is 10.5. The molecule has 2 rings (SSSR count). The number of carbonyl (C=O) groups is 1. The molecule has 0 spiro atoms. The van der Waals surface area contributed by atoms with Crippen molar-refractivity contribution in [2.75, 3.05) is 6.54 Å². The Bertz CT molecular complexity index is 540. The molecule has 1 saturated carbocycles. The molecule has 1 aromatic carbocycles. The van der Waals surface area contributed by atoms with E-state index in [4.69, 9.17) is 11.6 Å². The highest BCUT2D eigenvalue weighted by molar-refractivity contribution is 6.33. The number of halogens is 1. The highest BCUT2D eigenvalue weighted by Crippen LogP contribution is 2.26. The highest BCUT2D eigenvalue weighted by Gasteiger charge is 2.28. The number of hydrogen-bond acceptors (Lipinski definition) is 4.